The zero-order valence-corrected chi connectivity index (χ0v) is 22.1. The van der Waals surface area contributed by atoms with Crippen LogP contribution in [0.3, 0.4) is 0 Å². The van der Waals surface area contributed by atoms with Gasteiger partial charge in [0.25, 0.3) is 0 Å². The molecule has 0 aliphatic carbocycles. The third-order valence-electron chi connectivity index (χ3n) is 6.40. The zero-order chi connectivity index (χ0) is 23.4. The van der Waals surface area contributed by atoms with Gasteiger partial charge in [-0.25, -0.2) is 0 Å². The van der Waals surface area contributed by atoms with Crippen LogP contribution in [-0.4, -0.2) is 12.6 Å². The first kappa shape index (κ1) is 31.2. The molecule has 0 aromatic rings. The third-order valence-corrected chi connectivity index (χ3v) is 6.40. The van der Waals surface area contributed by atoms with Gasteiger partial charge in [-0.15, -0.1) is 0 Å². The molecule has 0 rings (SSSR count). The van der Waals surface area contributed by atoms with Gasteiger partial charge in [-0.1, -0.05) is 135 Å². The number of carbonyl (C=O) groups is 1. The van der Waals surface area contributed by atoms with Gasteiger partial charge in [0.05, 0.1) is 6.61 Å². The molecule has 0 fully saturated rings. The van der Waals surface area contributed by atoms with E-state index in [1.54, 1.807) is 0 Å². The lowest BCUT2D eigenvalue weighted by Gasteiger charge is -2.05. The average Bonchev–Trinajstić information content (AvgIpc) is 2.80. The fourth-order valence-corrected chi connectivity index (χ4v) is 4.19. The summed E-state index contributed by atoms with van der Waals surface area (Å²) in [5, 5.41) is 0. The second-order valence-electron chi connectivity index (χ2n) is 9.74. The molecule has 0 N–H and O–H groups in total. The highest BCUT2D eigenvalue weighted by molar-refractivity contribution is 5.69. The maximum absolute atomic E-state index is 11.8. The molecule has 2 nitrogen and oxygen atoms in total. The molecule has 2 heteroatoms. The Morgan fingerprint density at radius 3 is 1.34 bits per heavy atom. The second kappa shape index (κ2) is 28.2. The molecule has 32 heavy (non-hydrogen) atoms. The van der Waals surface area contributed by atoms with Crippen molar-refractivity contribution in [3.05, 3.63) is 12.2 Å². The van der Waals surface area contributed by atoms with E-state index in [9.17, 15) is 4.79 Å². The van der Waals surface area contributed by atoms with Gasteiger partial charge in [-0.3, -0.25) is 4.79 Å². The Hall–Kier alpha value is -0.790. The molecule has 0 radical (unpaired) electrons. The van der Waals surface area contributed by atoms with E-state index in [0.717, 1.165) is 19.3 Å². The van der Waals surface area contributed by atoms with Crippen molar-refractivity contribution >= 4 is 5.97 Å². The number of hydrogen-bond acceptors (Lipinski definition) is 2. The number of rotatable bonds is 26. The number of unbranched alkanes of at least 4 members (excludes halogenated alkanes) is 20. The molecule has 0 bridgehead atoms. The second-order valence-corrected chi connectivity index (χ2v) is 9.74. The van der Waals surface area contributed by atoms with E-state index in [1.165, 1.54) is 128 Å². The standard InChI is InChI=1S/C30H58O2/c1-3-5-7-9-11-13-15-16-17-18-19-20-22-24-26-28-30(31)32-29-27-25-23-21-14-12-10-8-6-4-2/h16-17H,3-15,18-29H2,1-2H3. The molecule has 0 atom stereocenters. The minimum absolute atomic E-state index is 0.0125. The van der Waals surface area contributed by atoms with E-state index >= 15 is 0 Å². The van der Waals surface area contributed by atoms with Gasteiger partial charge in [0.1, 0.15) is 0 Å². The Balaban J connectivity index is 3.20. The number of allylic oxidation sites excluding steroid dienone is 2. The first-order valence-corrected chi connectivity index (χ1v) is 14.6. The van der Waals surface area contributed by atoms with Crippen LogP contribution >= 0.6 is 0 Å². The van der Waals surface area contributed by atoms with E-state index in [0.29, 0.717) is 13.0 Å². The molecule has 0 saturated heterocycles. The minimum atomic E-state index is 0.0125. The molecule has 0 unspecified atom stereocenters. The van der Waals surface area contributed by atoms with Crippen molar-refractivity contribution in [2.75, 3.05) is 6.61 Å². The van der Waals surface area contributed by atoms with Crippen LogP contribution in [0.15, 0.2) is 12.2 Å². The summed E-state index contributed by atoms with van der Waals surface area (Å²) < 4.78 is 5.39. The van der Waals surface area contributed by atoms with Crippen molar-refractivity contribution in [3.63, 3.8) is 0 Å². The smallest absolute Gasteiger partial charge is 0.305 e. The van der Waals surface area contributed by atoms with E-state index in [1.807, 2.05) is 0 Å². The summed E-state index contributed by atoms with van der Waals surface area (Å²) >= 11 is 0. The largest absolute Gasteiger partial charge is 0.466 e. The Labute approximate surface area is 202 Å². The predicted octanol–water partition coefficient (Wildman–Crippen LogP) is 10.5. The van der Waals surface area contributed by atoms with Gasteiger partial charge in [0.15, 0.2) is 0 Å². The first-order chi connectivity index (χ1) is 15.8. The van der Waals surface area contributed by atoms with E-state index < -0.39 is 0 Å². The normalized spacial score (nSPS) is 11.4. The third kappa shape index (κ3) is 27.2. The van der Waals surface area contributed by atoms with Crippen molar-refractivity contribution < 1.29 is 9.53 Å². The molecule has 0 aromatic carbocycles. The lowest BCUT2D eigenvalue weighted by Crippen LogP contribution is -2.05. The highest BCUT2D eigenvalue weighted by Crippen LogP contribution is 2.12. The number of esters is 1. The van der Waals surface area contributed by atoms with Crippen LogP contribution in [0.4, 0.5) is 0 Å². The van der Waals surface area contributed by atoms with Gasteiger partial charge in [-0.2, -0.15) is 0 Å². The maximum atomic E-state index is 11.8. The monoisotopic (exact) mass is 450 g/mol. The Bertz CT molecular complexity index is 388. The van der Waals surface area contributed by atoms with Gasteiger partial charge in [0, 0.05) is 6.42 Å². The first-order valence-electron chi connectivity index (χ1n) is 14.6. The maximum Gasteiger partial charge on any atom is 0.305 e. The van der Waals surface area contributed by atoms with Crippen molar-refractivity contribution in [2.24, 2.45) is 0 Å². The van der Waals surface area contributed by atoms with E-state index in [2.05, 4.69) is 26.0 Å². The summed E-state index contributed by atoms with van der Waals surface area (Å²) in [6.07, 6.45) is 35.3. The fourth-order valence-electron chi connectivity index (χ4n) is 4.19. The molecule has 0 aromatic heterocycles. The summed E-state index contributed by atoms with van der Waals surface area (Å²) in [6.45, 7) is 5.17. The molecule has 0 saturated carbocycles. The van der Waals surface area contributed by atoms with Crippen LogP contribution < -0.4 is 0 Å². The Morgan fingerprint density at radius 1 is 0.500 bits per heavy atom. The van der Waals surface area contributed by atoms with Crippen molar-refractivity contribution in [2.45, 2.75) is 168 Å². The molecule has 0 heterocycles. The van der Waals surface area contributed by atoms with E-state index in [4.69, 9.17) is 4.74 Å². The predicted molar refractivity (Wildman–Crippen MR) is 142 cm³/mol. The number of carbonyl (C=O) groups excluding carboxylic acids is 1. The molecule has 0 spiro atoms. The van der Waals surface area contributed by atoms with Gasteiger partial charge < -0.3 is 4.74 Å². The molecular formula is C30H58O2. The van der Waals surface area contributed by atoms with Gasteiger partial charge in [0.2, 0.25) is 0 Å². The number of hydrogen-bond donors (Lipinski definition) is 0. The molecule has 0 aliphatic heterocycles. The van der Waals surface area contributed by atoms with Crippen LogP contribution in [0.25, 0.3) is 0 Å². The molecule has 0 amide bonds. The fraction of sp³-hybridized carbons (Fsp3) is 0.900. The molecule has 190 valence electrons. The minimum Gasteiger partial charge on any atom is -0.466 e. The molecule has 0 aliphatic rings. The summed E-state index contributed by atoms with van der Waals surface area (Å²) in [6, 6.07) is 0. The SMILES string of the molecule is CCCCCCCCC=CCCCCCCCC(=O)OCCCCCCCCCCCC. The number of ether oxygens (including phenoxy) is 1. The van der Waals surface area contributed by atoms with E-state index in [-0.39, 0.29) is 5.97 Å². The van der Waals surface area contributed by atoms with Gasteiger partial charge in [-0.05, 0) is 38.5 Å². The van der Waals surface area contributed by atoms with Crippen LogP contribution in [-0.2, 0) is 9.53 Å². The Morgan fingerprint density at radius 2 is 0.875 bits per heavy atom. The van der Waals surface area contributed by atoms with Crippen molar-refractivity contribution in [1.29, 1.82) is 0 Å². The highest BCUT2D eigenvalue weighted by Gasteiger charge is 2.02. The lowest BCUT2D eigenvalue weighted by atomic mass is 10.1. The van der Waals surface area contributed by atoms with Crippen LogP contribution in [0.5, 0.6) is 0 Å². The topological polar surface area (TPSA) is 26.3 Å². The summed E-state index contributed by atoms with van der Waals surface area (Å²) in [5.41, 5.74) is 0. The highest BCUT2D eigenvalue weighted by atomic mass is 16.5. The van der Waals surface area contributed by atoms with Gasteiger partial charge >= 0.3 is 5.97 Å². The van der Waals surface area contributed by atoms with Crippen LogP contribution in [0.2, 0.25) is 0 Å². The molecular weight excluding hydrogens is 392 g/mol. The quantitative estimate of drug-likeness (QED) is 0.0744. The lowest BCUT2D eigenvalue weighted by molar-refractivity contribution is -0.143. The van der Waals surface area contributed by atoms with Crippen LogP contribution in [0, 0.1) is 0 Å². The summed E-state index contributed by atoms with van der Waals surface area (Å²) in [5.74, 6) is 0.0125. The summed E-state index contributed by atoms with van der Waals surface area (Å²) in [4.78, 5) is 11.8. The average molecular weight is 451 g/mol. The zero-order valence-electron chi connectivity index (χ0n) is 22.1. The van der Waals surface area contributed by atoms with Crippen molar-refractivity contribution in [1.82, 2.24) is 0 Å². The summed E-state index contributed by atoms with van der Waals surface area (Å²) in [7, 11) is 0. The van der Waals surface area contributed by atoms with Crippen molar-refractivity contribution in [3.8, 4) is 0 Å². The Kier molecular flexibility index (Phi) is 27.5. The van der Waals surface area contributed by atoms with Crippen LogP contribution in [0.1, 0.15) is 168 Å².